The number of aliphatic hydroxyl groups excluding tert-OH is 1. The van der Waals surface area contributed by atoms with Crippen molar-refractivity contribution in [1.82, 2.24) is 4.90 Å². The predicted molar refractivity (Wildman–Crippen MR) is 41.5 cm³/mol. The minimum Gasteiger partial charge on any atom is -0.550 e. The summed E-state index contributed by atoms with van der Waals surface area (Å²) >= 11 is 0. The summed E-state index contributed by atoms with van der Waals surface area (Å²) in [7, 11) is 0. The van der Waals surface area contributed by atoms with Gasteiger partial charge in [-0.2, -0.15) is 5.26 Å². The average Bonchev–Trinajstić information content (AvgIpc) is 2.41. The van der Waals surface area contributed by atoms with Gasteiger partial charge in [0.25, 0.3) is 5.91 Å². The van der Waals surface area contributed by atoms with Crippen LogP contribution in [0.3, 0.4) is 0 Å². The number of nitrogens with zero attached hydrogens (tertiary/aromatic N) is 2. The number of carbonyl (C=O) groups is 2. The summed E-state index contributed by atoms with van der Waals surface area (Å²) < 4.78 is 0. The van der Waals surface area contributed by atoms with Crippen LogP contribution in [0.4, 0.5) is 0 Å². The van der Waals surface area contributed by atoms with E-state index in [2.05, 4.69) is 0 Å². The molecule has 0 unspecified atom stereocenters. The second-order valence-electron chi connectivity index (χ2n) is 2.79. The number of rotatable bonds is 3. The molecule has 0 aliphatic carbocycles. The third-order valence-electron chi connectivity index (χ3n) is 1.85. The zero-order valence-corrected chi connectivity index (χ0v) is 7.19. The Labute approximate surface area is 79.7 Å². The van der Waals surface area contributed by atoms with Crippen molar-refractivity contribution in [3.63, 3.8) is 0 Å². The highest BCUT2D eigenvalue weighted by molar-refractivity contribution is 5.95. The van der Waals surface area contributed by atoms with Crippen LogP contribution >= 0.6 is 0 Å². The van der Waals surface area contributed by atoms with Crippen molar-refractivity contribution in [2.24, 2.45) is 0 Å². The summed E-state index contributed by atoms with van der Waals surface area (Å²) in [6.07, 6.45) is -0.308. The number of nitriles is 1. The number of carbonyl (C=O) groups excluding carboxylic acids is 2. The lowest BCUT2D eigenvalue weighted by atomic mass is 10.3. The Balaban J connectivity index is 2.61. The maximum absolute atomic E-state index is 11.1. The highest BCUT2D eigenvalue weighted by Crippen LogP contribution is 2.15. The topological polar surface area (TPSA) is 104 Å². The fraction of sp³-hybridized carbons (Fsp3) is 0.375. The Morgan fingerprint density at radius 1 is 1.71 bits per heavy atom. The van der Waals surface area contributed by atoms with E-state index in [4.69, 9.17) is 10.4 Å². The van der Waals surface area contributed by atoms with Crippen LogP contribution in [0.25, 0.3) is 0 Å². The van der Waals surface area contributed by atoms with Crippen LogP contribution < -0.4 is 5.11 Å². The van der Waals surface area contributed by atoms with Gasteiger partial charge in [-0.3, -0.25) is 4.79 Å². The second-order valence-corrected chi connectivity index (χ2v) is 2.79. The van der Waals surface area contributed by atoms with Crippen molar-refractivity contribution in [2.45, 2.75) is 6.42 Å². The molecule has 1 amide bonds. The van der Waals surface area contributed by atoms with Crippen LogP contribution in [0.5, 0.6) is 0 Å². The molecule has 1 rings (SSSR count). The molecule has 14 heavy (non-hydrogen) atoms. The quantitative estimate of drug-likeness (QED) is 0.578. The van der Waals surface area contributed by atoms with E-state index in [1.807, 2.05) is 0 Å². The molecule has 0 aromatic rings. The van der Waals surface area contributed by atoms with Crippen LogP contribution in [0.15, 0.2) is 11.3 Å². The van der Waals surface area contributed by atoms with E-state index in [1.165, 1.54) is 0 Å². The van der Waals surface area contributed by atoms with Gasteiger partial charge in [0.15, 0.2) is 5.76 Å². The van der Waals surface area contributed by atoms with Gasteiger partial charge in [-0.1, -0.05) is 0 Å². The molecule has 0 radical (unpaired) electrons. The lowest BCUT2D eigenvalue weighted by molar-refractivity contribution is -0.305. The molecule has 0 aromatic heterocycles. The Hall–Kier alpha value is -2.03. The first-order valence-electron chi connectivity index (χ1n) is 3.87. The van der Waals surface area contributed by atoms with Gasteiger partial charge in [0.2, 0.25) is 0 Å². The van der Waals surface area contributed by atoms with E-state index in [-0.39, 0.29) is 25.1 Å². The Morgan fingerprint density at radius 2 is 2.36 bits per heavy atom. The van der Waals surface area contributed by atoms with E-state index < -0.39 is 17.6 Å². The summed E-state index contributed by atoms with van der Waals surface area (Å²) in [5, 5.41) is 27.7. The van der Waals surface area contributed by atoms with Crippen LogP contribution in [0.1, 0.15) is 6.42 Å². The first-order chi connectivity index (χ1) is 6.56. The zero-order valence-electron chi connectivity index (χ0n) is 7.19. The number of carboxylic acid groups (broad SMARTS) is 1. The van der Waals surface area contributed by atoms with Gasteiger partial charge < -0.3 is 19.9 Å². The summed E-state index contributed by atoms with van der Waals surface area (Å²) in [4.78, 5) is 22.3. The molecule has 0 saturated heterocycles. The average molecular weight is 195 g/mol. The smallest absolute Gasteiger partial charge is 0.290 e. The summed E-state index contributed by atoms with van der Waals surface area (Å²) in [5.74, 6) is -2.57. The van der Waals surface area contributed by atoms with Gasteiger partial charge in [-0.25, -0.2) is 0 Å². The molecule has 1 N–H and O–H groups in total. The highest BCUT2D eigenvalue weighted by Gasteiger charge is 2.29. The fourth-order valence-corrected chi connectivity index (χ4v) is 1.11. The third kappa shape index (κ3) is 1.82. The van der Waals surface area contributed by atoms with E-state index in [9.17, 15) is 14.7 Å². The molecule has 1 aliphatic rings. The molecular weight excluding hydrogens is 188 g/mol. The molecule has 0 bridgehead atoms. The number of hydrogen-bond donors (Lipinski definition) is 1. The lowest BCUT2D eigenvalue weighted by Crippen LogP contribution is -2.33. The second kappa shape index (κ2) is 3.79. The first kappa shape index (κ1) is 10.1. The Bertz CT molecular complexity index is 353. The third-order valence-corrected chi connectivity index (χ3v) is 1.85. The molecule has 0 spiro atoms. The number of hydrogen-bond acceptors (Lipinski definition) is 5. The molecule has 0 aromatic carbocycles. The van der Waals surface area contributed by atoms with E-state index >= 15 is 0 Å². The van der Waals surface area contributed by atoms with Crippen molar-refractivity contribution in [3.8, 4) is 6.07 Å². The van der Waals surface area contributed by atoms with Crippen molar-refractivity contribution in [1.29, 1.82) is 5.26 Å². The van der Waals surface area contributed by atoms with Crippen molar-refractivity contribution < 1.29 is 19.8 Å². The highest BCUT2D eigenvalue weighted by atomic mass is 16.4. The minimum absolute atomic E-state index is 0.0333. The van der Waals surface area contributed by atoms with Crippen molar-refractivity contribution in [3.05, 3.63) is 11.3 Å². The zero-order chi connectivity index (χ0) is 10.7. The first-order valence-corrected chi connectivity index (χ1v) is 3.87. The Morgan fingerprint density at radius 3 is 2.79 bits per heavy atom. The molecule has 1 heterocycles. The fourth-order valence-electron chi connectivity index (χ4n) is 1.11. The van der Waals surface area contributed by atoms with Crippen molar-refractivity contribution in [2.75, 3.05) is 13.1 Å². The summed E-state index contributed by atoms with van der Waals surface area (Å²) in [5.41, 5.74) is -0.0339. The maximum Gasteiger partial charge on any atom is 0.290 e. The SMILES string of the molecule is N#CC1=C(O)C(=O)N(CCC(=O)[O-])C1. The van der Waals surface area contributed by atoms with Gasteiger partial charge in [0, 0.05) is 18.9 Å². The molecule has 0 fully saturated rings. The molecule has 0 atom stereocenters. The standard InChI is InChI=1S/C8H8N2O4/c9-3-5-4-10(2-1-6(11)12)8(14)7(5)13/h13H,1-2,4H2,(H,11,12)/p-1. The van der Waals surface area contributed by atoms with Crippen LogP contribution in [0.2, 0.25) is 0 Å². The number of aliphatic hydroxyl groups is 1. The monoisotopic (exact) mass is 195 g/mol. The Kier molecular flexibility index (Phi) is 2.72. The van der Waals surface area contributed by atoms with E-state index in [0.717, 1.165) is 4.90 Å². The molecule has 6 nitrogen and oxygen atoms in total. The largest absolute Gasteiger partial charge is 0.550 e. The number of aliphatic carboxylic acids is 1. The van der Waals surface area contributed by atoms with Gasteiger partial charge in [0.05, 0.1) is 12.1 Å². The van der Waals surface area contributed by atoms with Crippen LogP contribution in [-0.2, 0) is 9.59 Å². The van der Waals surface area contributed by atoms with Gasteiger partial charge in [-0.15, -0.1) is 0 Å². The molecule has 74 valence electrons. The molecule has 6 heteroatoms. The van der Waals surface area contributed by atoms with Gasteiger partial charge in [-0.05, 0) is 0 Å². The van der Waals surface area contributed by atoms with Crippen molar-refractivity contribution >= 4 is 11.9 Å². The normalized spacial score (nSPS) is 15.9. The molecule has 1 aliphatic heterocycles. The molecule has 0 saturated carbocycles. The summed E-state index contributed by atoms with van der Waals surface area (Å²) in [6, 6.07) is 1.67. The van der Waals surface area contributed by atoms with Gasteiger partial charge in [0.1, 0.15) is 6.07 Å². The van der Waals surface area contributed by atoms with Gasteiger partial charge >= 0.3 is 0 Å². The summed E-state index contributed by atoms with van der Waals surface area (Å²) in [6.45, 7) is -0.0924. The van der Waals surface area contributed by atoms with E-state index in [1.54, 1.807) is 6.07 Å². The van der Waals surface area contributed by atoms with Crippen LogP contribution in [0, 0.1) is 11.3 Å². The number of carboxylic acids is 1. The lowest BCUT2D eigenvalue weighted by Gasteiger charge is -2.15. The van der Waals surface area contributed by atoms with Crippen LogP contribution in [-0.4, -0.2) is 35.0 Å². The minimum atomic E-state index is -1.28. The molecular formula is C8H7N2O4-. The maximum atomic E-state index is 11.1. The number of amides is 1. The van der Waals surface area contributed by atoms with E-state index in [0.29, 0.717) is 0 Å². The predicted octanol–water partition coefficient (Wildman–Crippen LogP) is -1.70.